The molecule has 3 heterocycles. The zero-order valence-electron chi connectivity index (χ0n) is 19.0. The Bertz CT molecular complexity index is 1450. The molecule has 1 fully saturated rings. The van der Waals surface area contributed by atoms with E-state index in [0.29, 0.717) is 0 Å². The van der Waals surface area contributed by atoms with Crippen molar-refractivity contribution in [1.82, 2.24) is 14.5 Å². The van der Waals surface area contributed by atoms with Crippen LogP contribution in [-0.2, 0) is 14.2 Å². The minimum atomic E-state index is -1.94. The SMILES string of the molecule is O=C(OC[C@H]1OC(n2cnc3c([N+](=O)[O-])ccnc32)[C@@H](F)[C@@H]1OC(=O)c1ccccc1)c1ccccc1. The number of aromatic nitrogens is 3. The maximum atomic E-state index is 15.8. The summed E-state index contributed by atoms with van der Waals surface area (Å²) in [6, 6.07) is 17.4. The Morgan fingerprint density at radius 1 is 1.00 bits per heavy atom. The molecule has 0 spiro atoms. The van der Waals surface area contributed by atoms with Crippen LogP contribution in [0.15, 0.2) is 79.3 Å². The molecule has 4 aromatic rings. The molecule has 2 aromatic heterocycles. The first-order valence-corrected chi connectivity index (χ1v) is 11.2. The van der Waals surface area contributed by atoms with Gasteiger partial charge in [-0.15, -0.1) is 0 Å². The van der Waals surface area contributed by atoms with Gasteiger partial charge in [0.05, 0.1) is 22.4 Å². The Kier molecular flexibility index (Phi) is 6.56. The number of carbonyl (C=O) groups excluding carboxylic acids is 2. The monoisotopic (exact) mass is 506 g/mol. The van der Waals surface area contributed by atoms with Crippen LogP contribution in [0.2, 0.25) is 0 Å². The molecular weight excluding hydrogens is 487 g/mol. The van der Waals surface area contributed by atoms with Crippen molar-refractivity contribution in [2.75, 3.05) is 6.61 Å². The zero-order chi connectivity index (χ0) is 25.9. The minimum absolute atomic E-state index is 0.0110. The molecule has 188 valence electrons. The Morgan fingerprint density at radius 3 is 2.30 bits per heavy atom. The Morgan fingerprint density at radius 2 is 1.65 bits per heavy atom. The summed E-state index contributed by atoms with van der Waals surface area (Å²) in [4.78, 5) is 44.0. The van der Waals surface area contributed by atoms with Crippen molar-refractivity contribution in [3.8, 4) is 0 Å². The quantitative estimate of drug-likeness (QED) is 0.209. The van der Waals surface area contributed by atoms with Crippen LogP contribution in [0.25, 0.3) is 11.2 Å². The van der Waals surface area contributed by atoms with Crippen LogP contribution in [-0.4, -0.2) is 56.4 Å². The number of nitro groups is 1. The summed E-state index contributed by atoms with van der Waals surface area (Å²) in [6.07, 6.45) is -3.63. The van der Waals surface area contributed by atoms with Gasteiger partial charge in [-0.25, -0.2) is 23.9 Å². The smallest absolute Gasteiger partial charge is 0.338 e. The summed E-state index contributed by atoms with van der Waals surface area (Å²) in [5.74, 6) is -1.46. The number of halogens is 1. The van der Waals surface area contributed by atoms with Crippen molar-refractivity contribution in [3.63, 3.8) is 0 Å². The summed E-state index contributed by atoms with van der Waals surface area (Å²) in [5.41, 5.74) is 0.127. The fourth-order valence-electron chi connectivity index (χ4n) is 4.03. The highest BCUT2D eigenvalue weighted by molar-refractivity contribution is 5.90. The highest BCUT2D eigenvalue weighted by Crippen LogP contribution is 2.37. The lowest BCUT2D eigenvalue weighted by molar-refractivity contribution is -0.383. The van der Waals surface area contributed by atoms with E-state index in [1.54, 1.807) is 48.5 Å². The molecule has 1 saturated heterocycles. The molecule has 2 aromatic carbocycles. The molecule has 1 aliphatic rings. The van der Waals surface area contributed by atoms with E-state index < -0.39 is 48.1 Å². The summed E-state index contributed by atoms with van der Waals surface area (Å²) in [7, 11) is 0. The third kappa shape index (κ3) is 4.74. The molecule has 0 N–H and O–H groups in total. The predicted octanol–water partition coefficient (Wildman–Crippen LogP) is 3.66. The van der Waals surface area contributed by atoms with Crippen LogP contribution in [0, 0.1) is 10.1 Å². The zero-order valence-corrected chi connectivity index (χ0v) is 19.0. The first kappa shape index (κ1) is 24.0. The molecule has 37 heavy (non-hydrogen) atoms. The van der Waals surface area contributed by atoms with E-state index in [-0.39, 0.29) is 28.0 Å². The van der Waals surface area contributed by atoms with Crippen LogP contribution >= 0.6 is 0 Å². The van der Waals surface area contributed by atoms with Gasteiger partial charge >= 0.3 is 11.9 Å². The number of alkyl halides is 1. The van der Waals surface area contributed by atoms with Gasteiger partial charge < -0.3 is 14.2 Å². The third-order valence-electron chi connectivity index (χ3n) is 5.82. The maximum Gasteiger partial charge on any atom is 0.338 e. The van der Waals surface area contributed by atoms with Crippen LogP contribution in [0.5, 0.6) is 0 Å². The van der Waals surface area contributed by atoms with E-state index in [9.17, 15) is 19.7 Å². The molecule has 0 bridgehead atoms. The van der Waals surface area contributed by atoms with Crippen LogP contribution in [0.4, 0.5) is 10.1 Å². The molecule has 11 nitrogen and oxygen atoms in total. The first-order chi connectivity index (χ1) is 17.9. The number of hydrogen-bond acceptors (Lipinski definition) is 9. The molecule has 0 saturated carbocycles. The van der Waals surface area contributed by atoms with Gasteiger partial charge in [-0.2, -0.15) is 0 Å². The van der Waals surface area contributed by atoms with Crippen LogP contribution in [0.3, 0.4) is 0 Å². The molecule has 1 aliphatic heterocycles. The fourth-order valence-corrected chi connectivity index (χ4v) is 4.03. The number of rotatable bonds is 7. The van der Waals surface area contributed by atoms with Gasteiger partial charge in [-0.05, 0) is 24.3 Å². The molecule has 4 atom stereocenters. The largest absolute Gasteiger partial charge is 0.459 e. The highest BCUT2D eigenvalue weighted by Gasteiger charge is 2.50. The van der Waals surface area contributed by atoms with E-state index in [1.807, 2.05) is 0 Å². The second-order valence-electron chi connectivity index (χ2n) is 8.12. The average Bonchev–Trinajstić information content (AvgIpc) is 3.49. The lowest BCUT2D eigenvalue weighted by Gasteiger charge is -2.19. The molecule has 0 amide bonds. The van der Waals surface area contributed by atoms with E-state index in [2.05, 4.69) is 9.97 Å². The number of fused-ring (bicyclic) bond motifs is 1. The highest BCUT2D eigenvalue weighted by atomic mass is 19.1. The normalized spacial score (nSPS) is 21.0. The van der Waals surface area contributed by atoms with Gasteiger partial charge in [0.15, 0.2) is 29.7 Å². The van der Waals surface area contributed by atoms with Gasteiger partial charge in [0.1, 0.15) is 12.7 Å². The van der Waals surface area contributed by atoms with Gasteiger partial charge in [-0.1, -0.05) is 36.4 Å². The number of nitrogens with zero attached hydrogens (tertiary/aromatic N) is 4. The topological polar surface area (TPSA) is 136 Å². The standard InChI is InChI=1S/C25H19FN4O7/c26-19-21(37-25(32)16-9-5-2-6-10-16)18(13-35-24(31)15-7-3-1-4-8-15)36-23(19)29-14-28-20-17(30(33)34)11-12-27-22(20)29/h1-12,14,18-19,21,23H,13H2/t18-,19+,21-,23?/m1/s1. The molecule has 12 heteroatoms. The first-order valence-electron chi connectivity index (χ1n) is 11.2. The van der Waals surface area contributed by atoms with Gasteiger partial charge in [0, 0.05) is 12.3 Å². The lowest BCUT2D eigenvalue weighted by atomic mass is 10.1. The number of ether oxygens (including phenoxy) is 3. The fraction of sp³-hybridized carbons (Fsp3) is 0.200. The maximum absolute atomic E-state index is 15.8. The van der Waals surface area contributed by atoms with Crippen molar-refractivity contribution in [2.24, 2.45) is 0 Å². The Hall–Kier alpha value is -4.71. The van der Waals surface area contributed by atoms with Crippen LogP contribution < -0.4 is 0 Å². The lowest BCUT2D eigenvalue weighted by Crippen LogP contribution is -2.37. The summed E-state index contributed by atoms with van der Waals surface area (Å²) in [5, 5.41) is 11.4. The Balaban J connectivity index is 1.43. The van der Waals surface area contributed by atoms with E-state index in [0.717, 1.165) is 6.33 Å². The molecule has 0 aliphatic carbocycles. The number of carbonyl (C=O) groups is 2. The van der Waals surface area contributed by atoms with Gasteiger partial charge in [0.2, 0.25) is 0 Å². The van der Waals surface area contributed by atoms with Crippen molar-refractivity contribution in [2.45, 2.75) is 24.6 Å². The second kappa shape index (κ2) is 10.1. The molecular formula is C25H19FN4O7. The number of hydrogen-bond donors (Lipinski definition) is 0. The van der Waals surface area contributed by atoms with Crippen LogP contribution in [0.1, 0.15) is 26.9 Å². The average molecular weight is 506 g/mol. The number of imidazole rings is 1. The van der Waals surface area contributed by atoms with E-state index >= 15 is 4.39 Å². The number of pyridine rings is 1. The van der Waals surface area contributed by atoms with Crippen molar-refractivity contribution in [1.29, 1.82) is 0 Å². The molecule has 0 radical (unpaired) electrons. The predicted molar refractivity (Wildman–Crippen MR) is 125 cm³/mol. The van der Waals surface area contributed by atoms with Crippen molar-refractivity contribution < 1.29 is 33.1 Å². The van der Waals surface area contributed by atoms with Gasteiger partial charge in [0.25, 0.3) is 5.69 Å². The van der Waals surface area contributed by atoms with E-state index in [4.69, 9.17) is 14.2 Å². The summed E-state index contributed by atoms with van der Waals surface area (Å²) in [6.45, 7) is -0.419. The number of benzene rings is 2. The van der Waals surface area contributed by atoms with Gasteiger partial charge in [-0.3, -0.25) is 14.7 Å². The second-order valence-corrected chi connectivity index (χ2v) is 8.12. The summed E-state index contributed by atoms with van der Waals surface area (Å²) < 4.78 is 33.7. The van der Waals surface area contributed by atoms with Crippen molar-refractivity contribution >= 4 is 28.8 Å². The summed E-state index contributed by atoms with van der Waals surface area (Å²) >= 11 is 0. The Labute approximate surface area is 208 Å². The number of esters is 2. The van der Waals surface area contributed by atoms with E-state index in [1.165, 1.54) is 29.0 Å². The van der Waals surface area contributed by atoms with Crippen molar-refractivity contribution in [3.05, 3.63) is 100 Å². The molecule has 5 rings (SSSR count). The molecule has 1 unspecified atom stereocenters. The third-order valence-corrected chi connectivity index (χ3v) is 5.82. The minimum Gasteiger partial charge on any atom is -0.459 e.